The number of nitrogens with one attached hydrogen (secondary N) is 1. The molecule has 74 valence electrons. The summed E-state index contributed by atoms with van der Waals surface area (Å²) in [6, 6.07) is -0.00931. The first-order valence-electron chi connectivity index (χ1n) is 4.75. The van der Waals surface area contributed by atoms with Gasteiger partial charge in [0.15, 0.2) is 0 Å². The second-order valence-corrected chi connectivity index (χ2v) is 4.70. The summed E-state index contributed by atoms with van der Waals surface area (Å²) in [4.78, 5) is 10.8. The summed E-state index contributed by atoms with van der Waals surface area (Å²) >= 11 is 1.78. The number of carbonyl (C=O) groups is 1. The SMILES string of the molecule is CCC1=CSC(C(C)C)C(C=O)N1. The Morgan fingerprint density at radius 3 is 2.85 bits per heavy atom. The van der Waals surface area contributed by atoms with Gasteiger partial charge in [-0.3, -0.25) is 0 Å². The molecule has 0 bridgehead atoms. The Morgan fingerprint density at radius 2 is 2.38 bits per heavy atom. The van der Waals surface area contributed by atoms with Crippen LogP contribution in [0.25, 0.3) is 0 Å². The molecule has 1 aliphatic rings. The number of carbonyl (C=O) groups excluding carboxylic acids is 1. The van der Waals surface area contributed by atoms with Gasteiger partial charge in [-0.15, -0.1) is 11.8 Å². The van der Waals surface area contributed by atoms with Crippen LogP contribution in [0.3, 0.4) is 0 Å². The molecule has 0 aromatic carbocycles. The first-order chi connectivity index (χ1) is 6.19. The number of hydrogen-bond acceptors (Lipinski definition) is 3. The van der Waals surface area contributed by atoms with E-state index in [1.807, 2.05) is 0 Å². The Balaban J connectivity index is 2.69. The summed E-state index contributed by atoms with van der Waals surface area (Å²) in [6.45, 7) is 6.40. The summed E-state index contributed by atoms with van der Waals surface area (Å²) in [6.07, 6.45) is 2.00. The van der Waals surface area contributed by atoms with E-state index in [1.54, 1.807) is 11.8 Å². The van der Waals surface area contributed by atoms with E-state index in [2.05, 4.69) is 31.5 Å². The van der Waals surface area contributed by atoms with Gasteiger partial charge in [0.1, 0.15) is 6.29 Å². The molecule has 0 spiro atoms. The standard InChI is InChI=1S/C10H17NOS/c1-4-8-6-13-10(7(2)3)9(5-12)11-8/h5-7,9-11H,4H2,1-3H3. The number of rotatable bonds is 3. The van der Waals surface area contributed by atoms with Crippen molar-refractivity contribution in [1.29, 1.82) is 0 Å². The molecule has 0 aromatic heterocycles. The molecule has 1 aliphatic heterocycles. The van der Waals surface area contributed by atoms with Crippen molar-refractivity contribution in [3.63, 3.8) is 0 Å². The van der Waals surface area contributed by atoms with Gasteiger partial charge >= 0.3 is 0 Å². The third kappa shape index (κ3) is 2.50. The van der Waals surface area contributed by atoms with Crippen molar-refractivity contribution in [2.45, 2.75) is 38.5 Å². The molecule has 2 nitrogen and oxygen atoms in total. The monoisotopic (exact) mass is 199 g/mol. The highest BCUT2D eigenvalue weighted by atomic mass is 32.2. The summed E-state index contributed by atoms with van der Waals surface area (Å²) in [5.41, 5.74) is 1.18. The van der Waals surface area contributed by atoms with Crippen molar-refractivity contribution in [1.82, 2.24) is 5.32 Å². The maximum absolute atomic E-state index is 10.8. The average molecular weight is 199 g/mol. The molecular weight excluding hydrogens is 182 g/mol. The van der Waals surface area contributed by atoms with E-state index >= 15 is 0 Å². The topological polar surface area (TPSA) is 29.1 Å². The normalized spacial score (nSPS) is 28.2. The molecule has 0 radical (unpaired) electrons. The molecule has 0 aromatic rings. The van der Waals surface area contributed by atoms with E-state index in [1.165, 1.54) is 5.70 Å². The summed E-state index contributed by atoms with van der Waals surface area (Å²) in [5, 5.41) is 5.78. The summed E-state index contributed by atoms with van der Waals surface area (Å²) in [7, 11) is 0. The van der Waals surface area contributed by atoms with Crippen LogP contribution < -0.4 is 5.32 Å². The highest BCUT2D eigenvalue weighted by molar-refractivity contribution is 8.02. The predicted molar refractivity (Wildman–Crippen MR) is 57.6 cm³/mol. The molecule has 1 N–H and O–H groups in total. The van der Waals surface area contributed by atoms with Gasteiger partial charge in [-0.05, 0) is 17.7 Å². The van der Waals surface area contributed by atoms with E-state index in [9.17, 15) is 4.79 Å². The van der Waals surface area contributed by atoms with Crippen molar-refractivity contribution >= 4 is 18.0 Å². The van der Waals surface area contributed by atoms with E-state index in [4.69, 9.17) is 0 Å². The van der Waals surface area contributed by atoms with Crippen LogP contribution in [-0.2, 0) is 4.79 Å². The predicted octanol–water partition coefficient (Wildman–Crippen LogP) is 2.17. The molecule has 1 heterocycles. The van der Waals surface area contributed by atoms with Crippen molar-refractivity contribution in [2.75, 3.05) is 0 Å². The molecule has 3 heteroatoms. The van der Waals surface area contributed by atoms with Crippen LogP contribution in [0.1, 0.15) is 27.2 Å². The van der Waals surface area contributed by atoms with Gasteiger partial charge in [-0.25, -0.2) is 0 Å². The Morgan fingerprint density at radius 1 is 1.69 bits per heavy atom. The second-order valence-electron chi connectivity index (χ2n) is 3.65. The third-order valence-electron chi connectivity index (χ3n) is 2.26. The summed E-state index contributed by atoms with van der Waals surface area (Å²) < 4.78 is 0. The molecule has 2 atom stereocenters. The maximum Gasteiger partial charge on any atom is 0.143 e. The zero-order valence-electron chi connectivity index (χ0n) is 8.41. The van der Waals surface area contributed by atoms with Gasteiger partial charge in [0.2, 0.25) is 0 Å². The van der Waals surface area contributed by atoms with E-state index in [0.717, 1.165) is 12.7 Å². The fraction of sp³-hybridized carbons (Fsp3) is 0.700. The lowest BCUT2D eigenvalue weighted by atomic mass is 10.0. The van der Waals surface area contributed by atoms with E-state index < -0.39 is 0 Å². The zero-order valence-corrected chi connectivity index (χ0v) is 9.23. The molecule has 0 amide bonds. The number of aldehydes is 1. The lowest BCUT2D eigenvalue weighted by Crippen LogP contribution is -2.43. The van der Waals surface area contributed by atoms with Crippen molar-refractivity contribution in [2.24, 2.45) is 5.92 Å². The Labute approximate surface area is 84.2 Å². The quantitative estimate of drug-likeness (QED) is 0.706. The molecule has 0 saturated carbocycles. The van der Waals surface area contributed by atoms with Crippen LogP contribution in [0.4, 0.5) is 0 Å². The number of hydrogen-bond donors (Lipinski definition) is 1. The summed E-state index contributed by atoms with van der Waals surface area (Å²) in [5.74, 6) is 0.530. The van der Waals surface area contributed by atoms with Crippen molar-refractivity contribution in [3.8, 4) is 0 Å². The van der Waals surface area contributed by atoms with Gasteiger partial charge in [-0.2, -0.15) is 0 Å². The van der Waals surface area contributed by atoms with Crippen molar-refractivity contribution < 1.29 is 4.79 Å². The lowest BCUT2D eigenvalue weighted by molar-refractivity contribution is -0.109. The highest BCUT2D eigenvalue weighted by Crippen LogP contribution is 2.28. The second kappa shape index (κ2) is 4.70. The fourth-order valence-corrected chi connectivity index (χ4v) is 2.62. The Kier molecular flexibility index (Phi) is 3.85. The van der Waals surface area contributed by atoms with Crippen LogP contribution in [0.15, 0.2) is 11.1 Å². The van der Waals surface area contributed by atoms with Crippen LogP contribution in [0.2, 0.25) is 0 Å². The van der Waals surface area contributed by atoms with Gasteiger partial charge in [0.05, 0.1) is 6.04 Å². The first-order valence-corrected chi connectivity index (χ1v) is 5.69. The minimum absolute atomic E-state index is 0.00931. The van der Waals surface area contributed by atoms with Crippen molar-refractivity contribution in [3.05, 3.63) is 11.1 Å². The maximum atomic E-state index is 10.8. The molecule has 0 fully saturated rings. The number of allylic oxidation sites excluding steroid dienone is 1. The molecule has 0 saturated heterocycles. The van der Waals surface area contributed by atoms with Gasteiger partial charge in [0.25, 0.3) is 0 Å². The van der Waals surface area contributed by atoms with Crippen LogP contribution in [0, 0.1) is 5.92 Å². The van der Waals surface area contributed by atoms with Gasteiger partial charge < -0.3 is 10.1 Å². The average Bonchev–Trinajstić information content (AvgIpc) is 2.16. The zero-order chi connectivity index (χ0) is 9.84. The Hall–Kier alpha value is -0.440. The largest absolute Gasteiger partial charge is 0.378 e. The Bertz CT molecular complexity index is 213. The van der Waals surface area contributed by atoms with Gasteiger partial charge in [-0.1, -0.05) is 20.8 Å². The minimum atomic E-state index is -0.00931. The van der Waals surface area contributed by atoms with E-state index in [-0.39, 0.29) is 6.04 Å². The minimum Gasteiger partial charge on any atom is -0.378 e. The first kappa shape index (κ1) is 10.6. The van der Waals surface area contributed by atoms with Crippen LogP contribution >= 0.6 is 11.8 Å². The van der Waals surface area contributed by atoms with E-state index in [0.29, 0.717) is 11.2 Å². The molecule has 2 unspecified atom stereocenters. The highest BCUT2D eigenvalue weighted by Gasteiger charge is 2.27. The number of thioether (sulfide) groups is 1. The lowest BCUT2D eigenvalue weighted by Gasteiger charge is -2.31. The third-order valence-corrected chi connectivity index (χ3v) is 3.83. The van der Waals surface area contributed by atoms with Crippen LogP contribution in [0.5, 0.6) is 0 Å². The smallest absolute Gasteiger partial charge is 0.143 e. The molecular formula is C10H17NOS. The molecule has 1 rings (SSSR count). The molecule has 0 aliphatic carbocycles. The van der Waals surface area contributed by atoms with Gasteiger partial charge in [0, 0.05) is 10.9 Å². The van der Waals surface area contributed by atoms with Crippen LogP contribution in [-0.4, -0.2) is 17.6 Å². The molecule has 13 heavy (non-hydrogen) atoms. The fourth-order valence-electron chi connectivity index (χ4n) is 1.44.